The van der Waals surface area contributed by atoms with Crippen molar-refractivity contribution in [2.75, 3.05) is 26.7 Å². The van der Waals surface area contributed by atoms with Gasteiger partial charge in [0, 0.05) is 23.9 Å². The summed E-state index contributed by atoms with van der Waals surface area (Å²) in [7, 11) is 1.39. The van der Waals surface area contributed by atoms with Crippen LogP contribution in [0.2, 0.25) is 0 Å². The average molecular weight is 501 g/mol. The number of esters is 1. The van der Waals surface area contributed by atoms with Crippen LogP contribution in [0.25, 0.3) is 0 Å². The van der Waals surface area contributed by atoms with Gasteiger partial charge in [-0.05, 0) is 42.5 Å². The van der Waals surface area contributed by atoms with Crippen molar-refractivity contribution in [1.29, 1.82) is 0 Å². The molecular weight excluding hydrogens is 473 g/mol. The number of carbonyl (C=O) groups is 1. The van der Waals surface area contributed by atoms with Crippen molar-refractivity contribution in [1.82, 2.24) is 10.6 Å². The summed E-state index contributed by atoms with van der Waals surface area (Å²) >= 11 is 1.77. The van der Waals surface area contributed by atoms with Gasteiger partial charge in [-0.1, -0.05) is 25.1 Å². The van der Waals surface area contributed by atoms with Gasteiger partial charge in [-0.3, -0.25) is 4.99 Å². The van der Waals surface area contributed by atoms with Crippen LogP contribution in [0.5, 0.6) is 0 Å². The first-order chi connectivity index (χ1) is 12.6. The monoisotopic (exact) mass is 501 g/mol. The van der Waals surface area contributed by atoms with Crippen molar-refractivity contribution < 1.29 is 9.53 Å². The molecule has 27 heavy (non-hydrogen) atoms. The molecule has 1 unspecified atom stereocenters. The van der Waals surface area contributed by atoms with Crippen LogP contribution in [-0.4, -0.2) is 38.7 Å². The highest BCUT2D eigenvalue weighted by molar-refractivity contribution is 14.0. The van der Waals surface area contributed by atoms with Gasteiger partial charge in [-0.2, -0.15) is 0 Å². The molecule has 0 fully saturated rings. The van der Waals surface area contributed by atoms with E-state index in [0.29, 0.717) is 11.5 Å². The molecule has 0 aliphatic heterocycles. The predicted octanol–water partition coefficient (Wildman–Crippen LogP) is 4.05. The maximum atomic E-state index is 11.5. The standard InChI is InChI=1S/C20H27N3O2S.HI/c1-4-21-20(23-14-15(2)18-6-5-13-26-18)22-12-11-16-7-9-17(10-8-16)19(24)25-3;/h5-10,13,15H,4,11-12,14H2,1-3H3,(H2,21,22,23);1H. The largest absolute Gasteiger partial charge is 0.465 e. The van der Waals surface area contributed by atoms with E-state index in [-0.39, 0.29) is 29.9 Å². The summed E-state index contributed by atoms with van der Waals surface area (Å²) < 4.78 is 4.71. The number of ether oxygens (including phenoxy) is 1. The Morgan fingerprint density at radius 3 is 2.56 bits per heavy atom. The molecule has 0 aliphatic carbocycles. The van der Waals surface area contributed by atoms with Crippen LogP contribution in [0.15, 0.2) is 46.8 Å². The minimum absolute atomic E-state index is 0. The predicted molar refractivity (Wildman–Crippen MR) is 124 cm³/mol. The van der Waals surface area contributed by atoms with Crippen LogP contribution < -0.4 is 10.6 Å². The van der Waals surface area contributed by atoms with Crippen molar-refractivity contribution in [3.8, 4) is 0 Å². The molecule has 5 nitrogen and oxygen atoms in total. The maximum absolute atomic E-state index is 11.5. The summed E-state index contributed by atoms with van der Waals surface area (Å²) in [5, 5.41) is 8.75. The van der Waals surface area contributed by atoms with E-state index in [1.54, 1.807) is 23.5 Å². The van der Waals surface area contributed by atoms with Gasteiger partial charge in [-0.15, -0.1) is 35.3 Å². The molecule has 0 aliphatic rings. The van der Waals surface area contributed by atoms with Crippen LogP contribution in [0.4, 0.5) is 0 Å². The fourth-order valence-electron chi connectivity index (χ4n) is 2.48. The van der Waals surface area contributed by atoms with Gasteiger partial charge in [-0.25, -0.2) is 4.79 Å². The van der Waals surface area contributed by atoms with E-state index in [4.69, 9.17) is 4.74 Å². The first kappa shape index (κ1) is 23.4. The lowest BCUT2D eigenvalue weighted by molar-refractivity contribution is 0.0600. The van der Waals surface area contributed by atoms with Gasteiger partial charge < -0.3 is 15.4 Å². The molecule has 2 aromatic rings. The Bertz CT molecular complexity index is 703. The number of hydrogen-bond acceptors (Lipinski definition) is 4. The normalized spacial score (nSPS) is 12.0. The van der Waals surface area contributed by atoms with Crippen LogP contribution in [0.1, 0.15) is 40.6 Å². The summed E-state index contributed by atoms with van der Waals surface area (Å²) in [6.07, 6.45) is 0.854. The SMILES string of the molecule is CCNC(=NCC(C)c1cccs1)NCCc1ccc(C(=O)OC)cc1.I. The quantitative estimate of drug-likeness (QED) is 0.248. The summed E-state index contributed by atoms with van der Waals surface area (Å²) in [6.45, 7) is 6.61. The van der Waals surface area contributed by atoms with Crippen LogP contribution in [0.3, 0.4) is 0 Å². The summed E-state index contributed by atoms with van der Waals surface area (Å²) in [4.78, 5) is 17.5. The third kappa shape index (κ3) is 7.88. The molecule has 2 rings (SSSR count). The van der Waals surface area contributed by atoms with E-state index in [1.165, 1.54) is 12.0 Å². The van der Waals surface area contributed by atoms with E-state index in [1.807, 2.05) is 12.1 Å². The average Bonchev–Trinajstić information content (AvgIpc) is 3.20. The van der Waals surface area contributed by atoms with Gasteiger partial charge in [0.25, 0.3) is 0 Å². The fraction of sp³-hybridized carbons (Fsp3) is 0.400. The number of halogens is 1. The zero-order valence-electron chi connectivity index (χ0n) is 16.0. The minimum atomic E-state index is -0.309. The molecule has 7 heteroatoms. The van der Waals surface area contributed by atoms with Crippen molar-refractivity contribution in [2.45, 2.75) is 26.2 Å². The maximum Gasteiger partial charge on any atom is 0.337 e. The third-order valence-electron chi connectivity index (χ3n) is 3.98. The molecule has 0 radical (unpaired) electrons. The van der Waals surface area contributed by atoms with E-state index < -0.39 is 0 Å². The highest BCUT2D eigenvalue weighted by atomic mass is 127. The lowest BCUT2D eigenvalue weighted by atomic mass is 10.1. The van der Waals surface area contributed by atoms with Crippen LogP contribution >= 0.6 is 35.3 Å². The second-order valence-electron chi connectivity index (χ2n) is 6.00. The van der Waals surface area contributed by atoms with Gasteiger partial charge >= 0.3 is 5.97 Å². The van der Waals surface area contributed by atoms with Gasteiger partial charge in [0.1, 0.15) is 0 Å². The second-order valence-corrected chi connectivity index (χ2v) is 6.98. The highest BCUT2D eigenvalue weighted by Gasteiger charge is 2.07. The first-order valence-electron chi connectivity index (χ1n) is 8.86. The van der Waals surface area contributed by atoms with Crippen molar-refractivity contribution in [3.05, 3.63) is 57.8 Å². The number of nitrogens with zero attached hydrogens (tertiary/aromatic N) is 1. The Morgan fingerprint density at radius 1 is 1.22 bits per heavy atom. The topological polar surface area (TPSA) is 62.7 Å². The molecule has 0 spiro atoms. The lowest BCUT2D eigenvalue weighted by Gasteiger charge is -2.13. The summed E-state index contributed by atoms with van der Waals surface area (Å²) in [5.41, 5.74) is 1.73. The number of aliphatic imine (C=N–C) groups is 1. The Labute approximate surface area is 182 Å². The van der Waals surface area contributed by atoms with Crippen LogP contribution in [-0.2, 0) is 11.2 Å². The lowest BCUT2D eigenvalue weighted by Crippen LogP contribution is -2.38. The van der Waals surface area contributed by atoms with E-state index in [0.717, 1.165) is 37.6 Å². The van der Waals surface area contributed by atoms with Crippen LogP contribution in [0, 0.1) is 0 Å². The first-order valence-corrected chi connectivity index (χ1v) is 9.74. The summed E-state index contributed by atoms with van der Waals surface area (Å²) in [5.74, 6) is 0.939. The summed E-state index contributed by atoms with van der Waals surface area (Å²) in [6, 6.07) is 11.7. The zero-order chi connectivity index (χ0) is 18.8. The fourth-order valence-corrected chi connectivity index (χ4v) is 3.26. The molecule has 0 saturated heterocycles. The van der Waals surface area contributed by atoms with E-state index >= 15 is 0 Å². The smallest absolute Gasteiger partial charge is 0.337 e. The number of rotatable bonds is 8. The number of guanidine groups is 1. The number of methoxy groups -OCH3 is 1. The zero-order valence-corrected chi connectivity index (χ0v) is 19.2. The number of carbonyl (C=O) groups excluding carboxylic acids is 1. The number of hydrogen-bond donors (Lipinski definition) is 2. The molecule has 0 bridgehead atoms. The Morgan fingerprint density at radius 2 is 1.96 bits per heavy atom. The van der Waals surface area contributed by atoms with Gasteiger partial charge in [0.2, 0.25) is 0 Å². The molecule has 0 amide bonds. The third-order valence-corrected chi connectivity index (χ3v) is 5.08. The van der Waals surface area contributed by atoms with E-state index in [9.17, 15) is 4.79 Å². The second kappa shape index (κ2) is 12.7. The molecule has 1 heterocycles. The Kier molecular flexibility index (Phi) is 11.0. The molecule has 1 aromatic heterocycles. The number of benzene rings is 1. The van der Waals surface area contributed by atoms with E-state index in [2.05, 4.69) is 47.0 Å². The highest BCUT2D eigenvalue weighted by Crippen LogP contribution is 2.20. The minimum Gasteiger partial charge on any atom is -0.465 e. The molecule has 1 atom stereocenters. The molecule has 0 saturated carbocycles. The molecular formula is C20H28IN3O2S. The number of nitrogens with one attached hydrogen (secondary N) is 2. The number of thiophene rings is 1. The Balaban J connectivity index is 0.00000364. The van der Waals surface area contributed by atoms with Gasteiger partial charge in [0.15, 0.2) is 5.96 Å². The van der Waals surface area contributed by atoms with Crippen molar-refractivity contribution >= 4 is 47.2 Å². The molecule has 1 aromatic carbocycles. The van der Waals surface area contributed by atoms with Gasteiger partial charge in [0.05, 0.1) is 19.2 Å². The molecule has 2 N–H and O–H groups in total. The Hall–Kier alpha value is -1.61. The van der Waals surface area contributed by atoms with Crippen molar-refractivity contribution in [2.24, 2.45) is 4.99 Å². The van der Waals surface area contributed by atoms with Crippen molar-refractivity contribution in [3.63, 3.8) is 0 Å². The molecule has 148 valence electrons.